The van der Waals surface area contributed by atoms with E-state index in [1.807, 2.05) is 0 Å². The molecule has 0 radical (unpaired) electrons. The molecule has 4 aliphatic carbocycles. The maximum absolute atomic E-state index is 2.65. The first-order valence-electron chi connectivity index (χ1n) is 9.42. The summed E-state index contributed by atoms with van der Waals surface area (Å²) in [6, 6.07) is 0. The summed E-state index contributed by atoms with van der Waals surface area (Å²) in [5.74, 6) is 3.91. The fourth-order valence-electron chi connectivity index (χ4n) is 7.15. The van der Waals surface area contributed by atoms with E-state index in [9.17, 15) is 0 Å². The summed E-state index contributed by atoms with van der Waals surface area (Å²) in [7, 11) is 0. The van der Waals surface area contributed by atoms with Crippen molar-refractivity contribution in [3.63, 3.8) is 0 Å². The predicted molar refractivity (Wildman–Crippen MR) is 90.0 cm³/mol. The molecule has 0 saturated heterocycles. The summed E-state index contributed by atoms with van der Waals surface area (Å²) in [6.45, 7) is 7.52. The van der Waals surface area contributed by atoms with Crippen molar-refractivity contribution in [1.29, 1.82) is 0 Å². The molecule has 0 heteroatoms. The largest absolute Gasteiger partial charge is 0.0882 e. The lowest BCUT2D eigenvalue weighted by molar-refractivity contribution is -0.0738. The van der Waals surface area contributed by atoms with Gasteiger partial charge in [-0.05, 0) is 92.8 Å². The fourth-order valence-corrected chi connectivity index (χ4v) is 7.15. The summed E-state index contributed by atoms with van der Waals surface area (Å²) in [5, 5.41) is 0. The van der Waals surface area contributed by atoms with Gasteiger partial charge in [0.15, 0.2) is 0 Å². The minimum absolute atomic E-state index is 0.559. The standard InChI is InChI=1S/C21H32/c1-4-15-9-11-18-17-10-8-16-7-5-6-13-20(16,2)19(17)12-14-21(15,18)3/h4-5,7,16-19H,6,8-14H2,1-3H3/t16?,17-,18+,19-,20-,21+/m0/s1. The molecule has 1 unspecified atom stereocenters. The van der Waals surface area contributed by atoms with Crippen molar-refractivity contribution >= 4 is 0 Å². The van der Waals surface area contributed by atoms with Crippen LogP contribution in [0.5, 0.6) is 0 Å². The molecule has 21 heavy (non-hydrogen) atoms. The minimum Gasteiger partial charge on any atom is -0.0882 e. The van der Waals surface area contributed by atoms with Crippen LogP contribution >= 0.6 is 0 Å². The van der Waals surface area contributed by atoms with Crippen molar-refractivity contribution < 1.29 is 0 Å². The summed E-state index contributed by atoms with van der Waals surface area (Å²) >= 11 is 0. The van der Waals surface area contributed by atoms with E-state index in [4.69, 9.17) is 0 Å². The first kappa shape index (κ1) is 14.1. The van der Waals surface area contributed by atoms with Crippen LogP contribution < -0.4 is 0 Å². The van der Waals surface area contributed by atoms with Crippen LogP contribution in [0.3, 0.4) is 0 Å². The monoisotopic (exact) mass is 284 g/mol. The zero-order valence-corrected chi connectivity index (χ0v) is 14.2. The second-order valence-corrected chi connectivity index (χ2v) is 8.84. The molecule has 116 valence electrons. The van der Waals surface area contributed by atoms with Crippen molar-refractivity contribution in [3.05, 3.63) is 23.8 Å². The molecule has 3 saturated carbocycles. The molecule has 0 aromatic carbocycles. The molecule has 0 N–H and O–H groups in total. The number of hydrogen-bond acceptors (Lipinski definition) is 0. The van der Waals surface area contributed by atoms with E-state index in [-0.39, 0.29) is 0 Å². The Morgan fingerprint density at radius 1 is 1.05 bits per heavy atom. The molecule has 4 rings (SSSR count). The van der Waals surface area contributed by atoms with Crippen molar-refractivity contribution in [2.75, 3.05) is 0 Å². The van der Waals surface area contributed by atoms with Gasteiger partial charge in [-0.15, -0.1) is 0 Å². The first-order chi connectivity index (χ1) is 10.1. The predicted octanol–water partition coefficient (Wildman–Crippen LogP) is 6.14. The number of allylic oxidation sites excluding steroid dienone is 4. The van der Waals surface area contributed by atoms with E-state index in [2.05, 4.69) is 39.0 Å². The Morgan fingerprint density at radius 2 is 1.90 bits per heavy atom. The summed E-state index contributed by atoms with van der Waals surface area (Å²) in [6.07, 6.45) is 19.1. The quantitative estimate of drug-likeness (QED) is 0.469. The van der Waals surface area contributed by atoms with Crippen LogP contribution in [0, 0.1) is 34.5 Å². The van der Waals surface area contributed by atoms with Crippen molar-refractivity contribution in [2.45, 2.75) is 72.1 Å². The zero-order chi connectivity index (χ0) is 14.7. The molecule has 0 heterocycles. The second-order valence-electron chi connectivity index (χ2n) is 8.84. The maximum Gasteiger partial charge on any atom is -0.00853 e. The highest BCUT2D eigenvalue weighted by atomic mass is 14.6. The smallest absolute Gasteiger partial charge is 0.00853 e. The van der Waals surface area contributed by atoms with Gasteiger partial charge in [-0.25, -0.2) is 0 Å². The van der Waals surface area contributed by atoms with Crippen LogP contribution in [-0.2, 0) is 0 Å². The van der Waals surface area contributed by atoms with E-state index >= 15 is 0 Å². The van der Waals surface area contributed by atoms with Crippen LogP contribution in [0.1, 0.15) is 72.1 Å². The van der Waals surface area contributed by atoms with E-state index in [1.54, 1.807) is 5.57 Å². The Hall–Kier alpha value is -0.520. The third-order valence-corrected chi connectivity index (χ3v) is 8.36. The molecule has 4 aliphatic rings. The zero-order valence-electron chi connectivity index (χ0n) is 14.2. The van der Waals surface area contributed by atoms with Gasteiger partial charge in [0.2, 0.25) is 0 Å². The topological polar surface area (TPSA) is 0 Å². The number of fused-ring (bicyclic) bond motifs is 5. The second kappa shape index (κ2) is 4.74. The third kappa shape index (κ3) is 1.80. The average Bonchev–Trinajstić information content (AvgIpc) is 2.83. The lowest BCUT2D eigenvalue weighted by atomic mass is 9.46. The van der Waals surface area contributed by atoms with Gasteiger partial charge in [-0.2, -0.15) is 0 Å². The Bertz CT molecular complexity index is 484. The van der Waals surface area contributed by atoms with E-state index in [0.29, 0.717) is 10.8 Å². The van der Waals surface area contributed by atoms with Crippen LogP contribution in [-0.4, -0.2) is 0 Å². The number of rotatable bonds is 0. The molecule has 0 nitrogen and oxygen atoms in total. The van der Waals surface area contributed by atoms with Gasteiger partial charge in [0, 0.05) is 0 Å². The molecule has 0 aromatic heterocycles. The van der Waals surface area contributed by atoms with Gasteiger partial charge in [0.05, 0.1) is 0 Å². The van der Waals surface area contributed by atoms with Crippen LogP contribution in [0.2, 0.25) is 0 Å². The lowest BCUT2D eigenvalue weighted by Gasteiger charge is -2.59. The van der Waals surface area contributed by atoms with Crippen molar-refractivity contribution in [2.24, 2.45) is 34.5 Å². The highest BCUT2D eigenvalue weighted by Crippen LogP contribution is 2.66. The Labute approximate surface area is 131 Å². The third-order valence-electron chi connectivity index (χ3n) is 8.36. The molecular formula is C21H32. The molecular weight excluding hydrogens is 252 g/mol. The average molecular weight is 284 g/mol. The van der Waals surface area contributed by atoms with Crippen LogP contribution in [0.25, 0.3) is 0 Å². The lowest BCUT2D eigenvalue weighted by Crippen LogP contribution is -2.51. The summed E-state index contributed by atoms with van der Waals surface area (Å²) < 4.78 is 0. The molecule has 3 fully saturated rings. The Kier molecular flexibility index (Phi) is 3.18. The van der Waals surface area contributed by atoms with E-state index in [0.717, 1.165) is 23.7 Å². The normalized spacial score (nSPS) is 54.1. The van der Waals surface area contributed by atoms with E-state index in [1.165, 1.54) is 51.4 Å². The van der Waals surface area contributed by atoms with E-state index < -0.39 is 0 Å². The number of hydrogen-bond donors (Lipinski definition) is 0. The molecule has 0 spiro atoms. The maximum atomic E-state index is 2.65. The Balaban J connectivity index is 1.68. The minimum atomic E-state index is 0.559. The van der Waals surface area contributed by atoms with Crippen molar-refractivity contribution in [3.8, 4) is 0 Å². The van der Waals surface area contributed by atoms with Gasteiger partial charge in [0.1, 0.15) is 0 Å². The van der Waals surface area contributed by atoms with Gasteiger partial charge >= 0.3 is 0 Å². The summed E-state index contributed by atoms with van der Waals surface area (Å²) in [5.41, 5.74) is 2.98. The molecule has 0 aliphatic heterocycles. The van der Waals surface area contributed by atoms with Crippen molar-refractivity contribution in [1.82, 2.24) is 0 Å². The SMILES string of the molecule is CC=C1CC[C@@H]2[C@@H]3CCC4C=CCC[C@]4(C)[C@H]3CC[C@]12C. The van der Waals surface area contributed by atoms with Gasteiger partial charge in [0.25, 0.3) is 0 Å². The summed E-state index contributed by atoms with van der Waals surface area (Å²) in [4.78, 5) is 0. The van der Waals surface area contributed by atoms with Crippen LogP contribution in [0.15, 0.2) is 23.8 Å². The first-order valence-corrected chi connectivity index (χ1v) is 9.42. The molecule has 0 amide bonds. The van der Waals surface area contributed by atoms with Gasteiger partial charge < -0.3 is 0 Å². The Morgan fingerprint density at radius 3 is 2.71 bits per heavy atom. The highest BCUT2D eigenvalue weighted by Gasteiger charge is 2.57. The molecule has 0 aromatic rings. The van der Waals surface area contributed by atoms with Crippen LogP contribution in [0.4, 0.5) is 0 Å². The molecule has 6 atom stereocenters. The fraction of sp³-hybridized carbons (Fsp3) is 0.810. The highest BCUT2D eigenvalue weighted by molar-refractivity contribution is 5.24. The van der Waals surface area contributed by atoms with Gasteiger partial charge in [-0.3, -0.25) is 0 Å². The molecule has 0 bridgehead atoms. The van der Waals surface area contributed by atoms with Gasteiger partial charge in [-0.1, -0.05) is 37.6 Å².